The van der Waals surface area contributed by atoms with Crippen molar-refractivity contribution in [2.75, 3.05) is 10.6 Å². The molecule has 0 bridgehead atoms. The van der Waals surface area contributed by atoms with Crippen molar-refractivity contribution >= 4 is 44.7 Å². The topological polar surface area (TPSA) is 84.0 Å². The lowest BCUT2D eigenvalue weighted by Crippen LogP contribution is -2.19. The zero-order valence-electron chi connectivity index (χ0n) is 18.1. The lowest BCUT2D eigenvalue weighted by atomic mass is 10.0. The Kier molecular flexibility index (Phi) is 6.09. The summed E-state index contributed by atoms with van der Waals surface area (Å²) in [6, 6.07) is 30.4. The third kappa shape index (κ3) is 4.69. The number of hydrogen-bond acceptors (Lipinski definition) is 5. The SMILES string of the molecule is O=C(Cc1cccc2ccccc12)Nc1ccccc1C(=O)Nc1nnc(-c2ccccc2)s1. The quantitative estimate of drug-likeness (QED) is 0.333. The largest absolute Gasteiger partial charge is 0.325 e. The number of aromatic nitrogens is 2. The van der Waals surface area contributed by atoms with Crippen LogP contribution in [-0.4, -0.2) is 22.0 Å². The zero-order valence-corrected chi connectivity index (χ0v) is 18.9. The van der Waals surface area contributed by atoms with Gasteiger partial charge < -0.3 is 5.32 Å². The lowest BCUT2D eigenvalue weighted by Gasteiger charge is -2.11. The number of fused-ring (bicyclic) bond motifs is 1. The predicted molar refractivity (Wildman–Crippen MR) is 136 cm³/mol. The van der Waals surface area contributed by atoms with Crippen LogP contribution in [0.3, 0.4) is 0 Å². The van der Waals surface area contributed by atoms with E-state index in [1.807, 2.05) is 72.8 Å². The van der Waals surface area contributed by atoms with Gasteiger partial charge in [0.25, 0.3) is 5.91 Å². The van der Waals surface area contributed by atoms with Gasteiger partial charge >= 0.3 is 0 Å². The summed E-state index contributed by atoms with van der Waals surface area (Å²) in [6.45, 7) is 0. The molecule has 2 amide bonds. The Labute approximate surface area is 200 Å². The summed E-state index contributed by atoms with van der Waals surface area (Å²) in [5.74, 6) is -0.560. The van der Waals surface area contributed by atoms with Gasteiger partial charge in [0, 0.05) is 5.56 Å². The lowest BCUT2D eigenvalue weighted by molar-refractivity contribution is -0.115. The maximum Gasteiger partial charge on any atom is 0.259 e. The summed E-state index contributed by atoms with van der Waals surface area (Å²) in [6.07, 6.45) is 0.203. The Balaban J connectivity index is 1.31. The normalized spacial score (nSPS) is 10.7. The molecule has 5 aromatic rings. The molecule has 7 heteroatoms. The molecule has 5 rings (SSSR count). The zero-order chi connectivity index (χ0) is 23.3. The first-order valence-corrected chi connectivity index (χ1v) is 11.5. The van der Waals surface area contributed by atoms with Crippen LogP contribution in [0.4, 0.5) is 10.8 Å². The molecule has 0 aliphatic heterocycles. The van der Waals surface area contributed by atoms with Crippen molar-refractivity contribution in [2.45, 2.75) is 6.42 Å². The van der Waals surface area contributed by atoms with Crippen LogP contribution in [-0.2, 0) is 11.2 Å². The summed E-state index contributed by atoms with van der Waals surface area (Å²) in [7, 11) is 0. The fourth-order valence-corrected chi connectivity index (χ4v) is 4.48. The van der Waals surface area contributed by atoms with E-state index in [0.29, 0.717) is 21.4 Å². The van der Waals surface area contributed by atoms with E-state index in [4.69, 9.17) is 0 Å². The van der Waals surface area contributed by atoms with Crippen LogP contribution >= 0.6 is 11.3 Å². The van der Waals surface area contributed by atoms with Gasteiger partial charge in [-0.15, -0.1) is 10.2 Å². The molecule has 2 N–H and O–H groups in total. The molecule has 0 spiro atoms. The molecule has 0 aliphatic carbocycles. The molecule has 0 atom stereocenters. The highest BCUT2D eigenvalue weighted by molar-refractivity contribution is 7.18. The highest BCUT2D eigenvalue weighted by Gasteiger charge is 2.16. The van der Waals surface area contributed by atoms with Crippen molar-refractivity contribution in [1.82, 2.24) is 10.2 Å². The first kappa shape index (κ1) is 21.5. The van der Waals surface area contributed by atoms with Crippen molar-refractivity contribution in [3.05, 3.63) is 108 Å². The van der Waals surface area contributed by atoms with Crippen LogP contribution in [0.5, 0.6) is 0 Å². The van der Waals surface area contributed by atoms with E-state index in [2.05, 4.69) is 20.8 Å². The molecule has 6 nitrogen and oxygen atoms in total. The van der Waals surface area contributed by atoms with E-state index in [9.17, 15) is 9.59 Å². The number of nitrogens with zero attached hydrogens (tertiary/aromatic N) is 2. The average Bonchev–Trinajstić information content (AvgIpc) is 3.33. The Hall–Kier alpha value is -4.36. The molecular formula is C27H20N4O2S. The standard InChI is InChI=1S/C27H20N4O2S/c32-24(17-20-13-8-12-18-9-4-5-14-21(18)20)28-23-16-7-6-15-22(23)25(33)29-27-31-30-26(34-27)19-10-2-1-3-11-19/h1-16H,17H2,(H,28,32)(H,29,31,33). The number of para-hydroxylation sites is 1. The number of carbonyl (C=O) groups excluding carboxylic acids is 2. The predicted octanol–water partition coefficient (Wildman–Crippen LogP) is 5.79. The van der Waals surface area contributed by atoms with Crippen molar-refractivity contribution in [3.8, 4) is 10.6 Å². The van der Waals surface area contributed by atoms with Gasteiger partial charge in [-0.3, -0.25) is 14.9 Å². The third-order valence-electron chi connectivity index (χ3n) is 5.34. The minimum absolute atomic E-state index is 0.195. The number of carbonyl (C=O) groups is 2. The molecular weight excluding hydrogens is 444 g/mol. The van der Waals surface area contributed by atoms with Crippen LogP contribution < -0.4 is 10.6 Å². The molecule has 0 radical (unpaired) electrons. The Morgan fingerprint density at radius 3 is 2.35 bits per heavy atom. The number of nitrogens with one attached hydrogen (secondary N) is 2. The molecule has 0 fully saturated rings. The summed E-state index contributed by atoms with van der Waals surface area (Å²) in [4.78, 5) is 25.8. The minimum atomic E-state index is -0.364. The van der Waals surface area contributed by atoms with Crippen LogP contribution in [0.2, 0.25) is 0 Å². The van der Waals surface area contributed by atoms with Crippen LogP contribution in [0, 0.1) is 0 Å². The fourth-order valence-electron chi connectivity index (χ4n) is 3.74. The summed E-state index contributed by atoms with van der Waals surface area (Å²) in [5, 5.41) is 17.1. The first-order chi connectivity index (χ1) is 16.7. The number of amides is 2. The highest BCUT2D eigenvalue weighted by atomic mass is 32.1. The molecule has 1 aromatic heterocycles. The second kappa shape index (κ2) is 9.64. The van der Waals surface area contributed by atoms with Gasteiger partial charge in [0.1, 0.15) is 5.01 Å². The number of benzene rings is 4. The van der Waals surface area contributed by atoms with E-state index in [-0.39, 0.29) is 18.2 Å². The highest BCUT2D eigenvalue weighted by Crippen LogP contribution is 2.27. The number of rotatable bonds is 6. The Bertz CT molecular complexity index is 1480. The van der Waals surface area contributed by atoms with E-state index >= 15 is 0 Å². The molecule has 0 unspecified atom stereocenters. The van der Waals surface area contributed by atoms with Crippen molar-refractivity contribution in [2.24, 2.45) is 0 Å². The molecule has 4 aromatic carbocycles. The van der Waals surface area contributed by atoms with Gasteiger partial charge in [-0.2, -0.15) is 0 Å². The minimum Gasteiger partial charge on any atom is -0.325 e. The molecule has 1 heterocycles. The Morgan fingerprint density at radius 1 is 0.735 bits per heavy atom. The van der Waals surface area contributed by atoms with E-state index in [0.717, 1.165) is 21.9 Å². The van der Waals surface area contributed by atoms with E-state index < -0.39 is 0 Å². The summed E-state index contributed by atoms with van der Waals surface area (Å²) >= 11 is 1.29. The first-order valence-electron chi connectivity index (χ1n) is 10.7. The third-order valence-corrected chi connectivity index (χ3v) is 6.23. The smallest absolute Gasteiger partial charge is 0.259 e. The van der Waals surface area contributed by atoms with Crippen molar-refractivity contribution in [3.63, 3.8) is 0 Å². The summed E-state index contributed by atoms with van der Waals surface area (Å²) < 4.78 is 0. The van der Waals surface area contributed by atoms with Gasteiger partial charge in [0.15, 0.2) is 0 Å². The summed E-state index contributed by atoms with van der Waals surface area (Å²) in [5.41, 5.74) is 2.66. The molecule has 0 aliphatic rings. The van der Waals surface area contributed by atoms with Gasteiger partial charge in [-0.1, -0.05) is 96.3 Å². The van der Waals surface area contributed by atoms with Gasteiger partial charge in [0.2, 0.25) is 11.0 Å². The van der Waals surface area contributed by atoms with E-state index in [1.54, 1.807) is 24.3 Å². The average molecular weight is 465 g/mol. The van der Waals surface area contributed by atoms with Gasteiger partial charge in [-0.25, -0.2) is 0 Å². The maximum atomic E-state index is 13.0. The molecule has 166 valence electrons. The van der Waals surface area contributed by atoms with Crippen LogP contribution in [0.1, 0.15) is 15.9 Å². The van der Waals surface area contributed by atoms with Crippen LogP contribution in [0.15, 0.2) is 97.1 Å². The van der Waals surface area contributed by atoms with Gasteiger partial charge in [-0.05, 0) is 28.5 Å². The maximum absolute atomic E-state index is 13.0. The molecule has 34 heavy (non-hydrogen) atoms. The second-order valence-corrected chi connectivity index (χ2v) is 8.62. The van der Waals surface area contributed by atoms with Crippen molar-refractivity contribution in [1.29, 1.82) is 0 Å². The van der Waals surface area contributed by atoms with Crippen LogP contribution in [0.25, 0.3) is 21.3 Å². The van der Waals surface area contributed by atoms with Gasteiger partial charge in [0.05, 0.1) is 17.7 Å². The molecule has 0 saturated carbocycles. The van der Waals surface area contributed by atoms with Crippen molar-refractivity contribution < 1.29 is 9.59 Å². The molecule has 0 saturated heterocycles. The second-order valence-electron chi connectivity index (χ2n) is 7.64. The number of hydrogen-bond donors (Lipinski definition) is 2. The Morgan fingerprint density at radius 2 is 1.47 bits per heavy atom. The number of anilines is 2. The monoisotopic (exact) mass is 464 g/mol. The van der Waals surface area contributed by atoms with E-state index in [1.165, 1.54) is 11.3 Å². The fraction of sp³-hybridized carbons (Fsp3) is 0.0370.